The Bertz CT molecular complexity index is 1570. The third kappa shape index (κ3) is 4.60. The maximum atomic E-state index is 12.9. The number of benzene rings is 2. The van der Waals surface area contributed by atoms with Gasteiger partial charge in [-0.25, -0.2) is 10.2 Å². The minimum atomic E-state index is -0.182. The topological polar surface area (TPSA) is 83.6 Å². The number of ether oxygens (including phenoxy) is 1. The van der Waals surface area contributed by atoms with E-state index in [2.05, 4.69) is 35.4 Å². The van der Waals surface area contributed by atoms with Gasteiger partial charge in [-0.3, -0.25) is 4.79 Å². The molecule has 218 valence electrons. The molecule has 0 saturated heterocycles. The average Bonchev–Trinajstić information content (AvgIpc) is 3.56. The number of carbonyl (C=O) groups excluding carboxylic acids is 2. The van der Waals surface area contributed by atoms with E-state index < -0.39 is 0 Å². The van der Waals surface area contributed by atoms with Gasteiger partial charge in [-0.2, -0.15) is 5.10 Å². The molecule has 3 fully saturated rings. The van der Waals surface area contributed by atoms with Crippen molar-refractivity contribution in [3.8, 4) is 0 Å². The van der Waals surface area contributed by atoms with E-state index in [9.17, 15) is 9.59 Å². The van der Waals surface area contributed by atoms with E-state index in [1.54, 1.807) is 0 Å². The number of allylic oxidation sites excluding steroid dienone is 2. The first-order chi connectivity index (χ1) is 20.3. The van der Waals surface area contributed by atoms with Crippen LogP contribution in [0.15, 0.2) is 77.5 Å². The van der Waals surface area contributed by atoms with Crippen molar-refractivity contribution in [1.29, 1.82) is 0 Å². The molecule has 4 aliphatic carbocycles. The molecule has 1 aromatic heterocycles. The van der Waals surface area contributed by atoms with Gasteiger partial charge >= 0.3 is 5.97 Å². The summed E-state index contributed by atoms with van der Waals surface area (Å²) < 4.78 is 6.19. The zero-order chi connectivity index (χ0) is 28.9. The van der Waals surface area contributed by atoms with E-state index in [1.807, 2.05) is 60.8 Å². The lowest BCUT2D eigenvalue weighted by Gasteiger charge is -2.58. The van der Waals surface area contributed by atoms with Crippen LogP contribution >= 0.6 is 0 Å². The number of fused-ring (bicyclic) bond motifs is 6. The Morgan fingerprint density at radius 1 is 0.952 bits per heavy atom. The Balaban J connectivity index is 1.02. The van der Waals surface area contributed by atoms with Crippen LogP contribution in [-0.2, 0) is 16.0 Å². The highest BCUT2D eigenvalue weighted by Gasteiger charge is 2.59. The second-order valence-corrected chi connectivity index (χ2v) is 13.6. The van der Waals surface area contributed by atoms with Crippen LogP contribution in [0.1, 0.15) is 81.1 Å². The molecule has 0 radical (unpaired) electrons. The molecular formula is C36H41N3O3. The van der Waals surface area contributed by atoms with Gasteiger partial charge in [0.05, 0.1) is 17.7 Å². The minimum Gasteiger partial charge on any atom is -0.458 e. The number of H-pyrrole nitrogens is 1. The van der Waals surface area contributed by atoms with Crippen LogP contribution in [0.3, 0.4) is 0 Å². The SMILES string of the molecule is CC12CCC(=NNC(=O)Cc3c[nH]c4ccccc34)C=C1CCC1C2CCC2(C)C(OC(=O)c3ccccc3)CCC12. The number of rotatable bonds is 5. The van der Waals surface area contributed by atoms with Crippen LogP contribution in [0.25, 0.3) is 10.9 Å². The van der Waals surface area contributed by atoms with Crippen LogP contribution in [0.2, 0.25) is 0 Å². The molecule has 3 aromatic rings. The summed E-state index contributed by atoms with van der Waals surface area (Å²) in [6, 6.07) is 17.5. The summed E-state index contributed by atoms with van der Waals surface area (Å²) in [4.78, 5) is 28.9. The largest absolute Gasteiger partial charge is 0.458 e. The fraction of sp³-hybridized carbons (Fsp3) is 0.472. The number of hydrogen-bond donors (Lipinski definition) is 2. The van der Waals surface area contributed by atoms with Crippen molar-refractivity contribution in [2.75, 3.05) is 0 Å². The summed E-state index contributed by atoms with van der Waals surface area (Å²) >= 11 is 0. The molecule has 6 unspecified atom stereocenters. The van der Waals surface area contributed by atoms with Crippen molar-refractivity contribution in [3.63, 3.8) is 0 Å². The highest BCUT2D eigenvalue weighted by atomic mass is 16.5. The second-order valence-electron chi connectivity index (χ2n) is 13.6. The van der Waals surface area contributed by atoms with Crippen LogP contribution < -0.4 is 5.43 Å². The minimum absolute atomic E-state index is 0.00105. The molecule has 6 atom stereocenters. The van der Waals surface area contributed by atoms with E-state index in [-0.39, 0.29) is 28.8 Å². The maximum Gasteiger partial charge on any atom is 0.338 e. The number of nitrogens with zero attached hydrogens (tertiary/aromatic N) is 1. The predicted molar refractivity (Wildman–Crippen MR) is 165 cm³/mol. The number of amides is 1. The quantitative estimate of drug-likeness (QED) is 0.251. The van der Waals surface area contributed by atoms with Crippen LogP contribution in [0.4, 0.5) is 0 Å². The van der Waals surface area contributed by atoms with Gasteiger partial charge in [-0.15, -0.1) is 0 Å². The number of esters is 1. The Hall–Kier alpha value is -3.67. The number of para-hydroxylation sites is 1. The Morgan fingerprint density at radius 2 is 1.76 bits per heavy atom. The first-order valence-corrected chi connectivity index (χ1v) is 15.7. The van der Waals surface area contributed by atoms with Gasteiger partial charge in [-0.05, 0) is 104 Å². The van der Waals surface area contributed by atoms with E-state index in [1.165, 1.54) is 18.4 Å². The normalized spacial score (nSPS) is 32.9. The number of nitrogens with one attached hydrogen (secondary N) is 2. The van der Waals surface area contributed by atoms with Crippen LogP contribution in [0.5, 0.6) is 0 Å². The molecule has 2 N–H and O–H groups in total. The van der Waals surface area contributed by atoms with Crippen LogP contribution in [0, 0.1) is 28.6 Å². The number of aromatic nitrogens is 1. The summed E-state index contributed by atoms with van der Waals surface area (Å²) in [6.45, 7) is 4.87. The standard InChI is InChI=1S/C36H41N3O3/c1-35-18-16-26(38-39-33(40)20-24-22-37-31-11-7-6-10-27(24)31)21-25(35)12-13-28-29-14-15-32(36(29,2)19-17-30(28)35)42-34(41)23-8-4-3-5-9-23/h3-11,21-22,28-30,32,37H,12-20H2,1-2H3,(H,39,40). The molecule has 1 amide bonds. The van der Waals surface area contributed by atoms with Gasteiger partial charge < -0.3 is 9.72 Å². The zero-order valence-electron chi connectivity index (χ0n) is 24.7. The van der Waals surface area contributed by atoms with E-state index in [4.69, 9.17) is 4.74 Å². The van der Waals surface area contributed by atoms with Crippen molar-refractivity contribution in [2.24, 2.45) is 33.7 Å². The lowest BCUT2D eigenvalue weighted by molar-refractivity contribution is -0.120. The van der Waals surface area contributed by atoms with Crippen molar-refractivity contribution >= 4 is 28.5 Å². The van der Waals surface area contributed by atoms with Gasteiger partial charge in [0.2, 0.25) is 5.91 Å². The number of carbonyl (C=O) groups is 2. The molecule has 6 heteroatoms. The fourth-order valence-electron chi connectivity index (χ4n) is 9.20. The van der Waals surface area contributed by atoms with Crippen molar-refractivity contribution in [1.82, 2.24) is 10.4 Å². The molecule has 0 aliphatic heterocycles. The van der Waals surface area contributed by atoms with Gasteiger partial charge in [0.1, 0.15) is 6.10 Å². The molecule has 3 saturated carbocycles. The van der Waals surface area contributed by atoms with Gasteiger partial charge in [-0.1, -0.05) is 55.8 Å². The lowest BCUT2D eigenvalue weighted by Crippen LogP contribution is -2.51. The van der Waals surface area contributed by atoms with E-state index in [0.717, 1.165) is 60.7 Å². The second kappa shape index (κ2) is 10.6. The monoisotopic (exact) mass is 563 g/mol. The zero-order valence-corrected chi connectivity index (χ0v) is 24.7. The summed E-state index contributed by atoms with van der Waals surface area (Å²) in [5.41, 5.74) is 8.24. The molecule has 2 aromatic carbocycles. The van der Waals surface area contributed by atoms with Crippen molar-refractivity contribution in [2.45, 2.75) is 77.7 Å². The molecular weight excluding hydrogens is 522 g/mol. The number of aromatic amines is 1. The van der Waals surface area contributed by atoms with E-state index in [0.29, 0.717) is 29.7 Å². The molecule has 1 heterocycles. The molecule has 42 heavy (non-hydrogen) atoms. The highest BCUT2D eigenvalue weighted by molar-refractivity contribution is 5.98. The summed E-state index contributed by atoms with van der Waals surface area (Å²) in [5, 5.41) is 5.66. The average molecular weight is 564 g/mol. The Labute approximate surface area is 248 Å². The van der Waals surface area contributed by atoms with Gasteiger partial charge in [0.15, 0.2) is 0 Å². The summed E-state index contributed by atoms with van der Waals surface area (Å²) in [5.74, 6) is 1.65. The first-order valence-electron chi connectivity index (χ1n) is 15.7. The smallest absolute Gasteiger partial charge is 0.338 e. The molecule has 0 bridgehead atoms. The summed E-state index contributed by atoms with van der Waals surface area (Å²) in [7, 11) is 0. The van der Waals surface area contributed by atoms with Gasteiger partial charge in [0.25, 0.3) is 0 Å². The van der Waals surface area contributed by atoms with Crippen molar-refractivity contribution < 1.29 is 14.3 Å². The first kappa shape index (κ1) is 27.2. The summed E-state index contributed by atoms with van der Waals surface area (Å²) in [6.07, 6.45) is 13.1. The molecule has 7 rings (SSSR count). The third-order valence-corrected chi connectivity index (χ3v) is 11.5. The Kier molecular flexibility index (Phi) is 6.83. The molecule has 0 spiro atoms. The fourth-order valence-corrected chi connectivity index (χ4v) is 9.20. The highest BCUT2D eigenvalue weighted by Crippen LogP contribution is 2.65. The maximum absolute atomic E-state index is 12.9. The molecule has 6 nitrogen and oxygen atoms in total. The van der Waals surface area contributed by atoms with Crippen molar-refractivity contribution in [3.05, 3.63) is 83.6 Å². The lowest BCUT2D eigenvalue weighted by atomic mass is 9.47. The molecule has 4 aliphatic rings. The van der Waals surface area contributed by atoms with E-state index >= 15 is 0 Å². The van der Waals surface area contributed by atoms with Gasteiger partial charge in [0, 0.05) is 22.5 Å². The number of hydrogen-bond acceptors (Lipinski definition) is 4. The third-order valence-electron chi connectivity index (χ3n) is 11.5. The van der Waals surface area contributed by atoms with Crippen LogP contribution in [-0.4, -0.2) is 28.7 Å². The predicted octanol–water partition coefficient (Wildman–Crippen LogP) is 7.37. The number of hydrazone groups is 1. The Morgan fingerprint density at radius 3 is 2.62 bits per heavy atom.